The minimum Gasteiger partial charge on any atom is -0.330 e. The van der Waals surface area contributed by atoms with E-state index in [1.54, 1.807) is 6.07 Å². The third-order valence-corrected chi connectivity index (χ3v) is 4.48. The van der Waals surface area contributed by atoms with Gasteiger partial charge in [-0.3, -0.25) is 0 Å². The number of hydrogen-bond donors (Lipinski definition) is 1. The first-order valence-corrected chi connectivity index (χ1v) is 6.76. The van der Waals surface area contributed by atoms with E-state index in [4.69, 9.17) is 5.73 Å². The highest BCUT2D eigenvalue weighted by atomic mass is 79.9. The second-order valence-electron chi connectivity index (χ2n) is 4.88. The van der Waals surface area contributed by atoms with Crippen molar-refractivity contribution in [3.05, 3.63) is 33.8 Å². The predicted molar refractivity (Wildman–Crippen MR) is 68.3 cm³/mol. The van der Waals surface area contributed by atoms with E-state index in [1.807, 2.05) is 0 Å². The Kier molecular flexibility index (Phi) is 3.74. The summed E-state index contributed by atoms with van der Waals surface area (Å²) in [5.74, 6) is 0. The van der Waals surface area contributed by atoms with Gasteiger partial charge in [-0.05, 0) is 30.5 Å². The highest BCUT2D eigenvalue weighted by Gasteiger charge is 2.37. The molecule has 1 aliphatic rings. The maximum atomic E-state index is 12.6. The molecule has 0 saturated heterocycles. The molecule has 0 atom stereocenters. The number of alkyl halides is 3. The van der Waals surface area contributed by atoms with Crippen molar-refractivity contribution in [3.8, 4) is 0 Å². The third kappa shape index (κ3) is 2.43. The molecule has 1 aromatic rings. The second-order valence-corrected chi connectivity index (χ2v) is 5.74. The molecule has 1 aliphatic carbocycles. The lowest BCUT2D eigenvalue weighted by Gasteiger charge is -2.29. The molecule has 18 heavy (non-hydrogen) atoms. The van der Waals surface area contributed by atoms with Crippen LogP contribution in [0.2, 0.25) is 0 Å². The molecular weight excluding hydrogens is 307 g/mol. The highest BCUT2D eigenvalue weighted by molar-refractivity contribution is 9.10. The van der Waals surface area contributed by atoms with Gasteiger partial charge in [0, 0.05) is 16.4 Å². The molecular formula is C13H15BrF3N. The van der Waals surface area contributed by atoms with Crippen LogP contribution < -0.4 is 5.73 Å². The van der Waals surface area contributed by atoms with Gasteiger partial charge in [-0.2, -0.15) is 13.2 Å². The van der Waals surface area contributed by atoms with Crippen LogP contribution in [0, 0.1) is 0 Å². The Morgan fingerprint density at radius 3 is 2.28 bits per heavy atom. The van der Waals surface area contributed by atoms with E-state index in [1.165, 1.54) is 0 Å². The van der Waals surface area contributed by atoms with E-state index in [2.05, 4.69) is 15.9 Å². The summed E-state index contributed by atoms with van der Waals surface area (Å²) < 4.78 is 38.3. The van der Waals surface area contributed by atoms with Crippen molar-refractivity contribution < 1.29 is 13.2 Å². The summed E-state index contributed by atoms with van der Waals surface area (Å²) in [4.78, 5) is 0. The molecule has 1 saturated carbocycles. The summed E-state index contributed by atoms with van der Waals surface area (Å²) in [7, 11) is 0. The zero-order valence-corrected chi connectivity index (χ0v) is 11.4. The molecule has 5 heteroatoms. The molecule has 0 heterocycles. The smallest absolute Gasteiger partial charge is 0.330 e. The van der Waals surface area contributed by atoms with Gasteiger partial charge in [0.25, 0.3) is 0 Å². The van der Waals surface area contributed by atoms with Crippen molar-refractivity contribution in [2.45, 2.75) is 37.3 Å². The average Bonchev–Trinajstić information content (AvgIpc) is 2.77. The fourth-order valence-corrected chi connectivity index (χ4v) is 3.56. The van der Waals surface area contributed by atoms with Crippen LogP contribution in [0.1, 0.15) is 36.8 Å². The molecule has 0 radical (unpaired) electrons. The van der Waals surface area contributed by atoms with Gasteiger partial charge in [-0.1, -0.05) is 34.8 Å². The van der Waals surface area contributed by atoms with E-state index in [0.29, 0.717) is 11.0 Å². The maximum Gasteiger partial charge on any atom is 0.416 e. The fourth-order valence-electron chi connectivity index (χ4n) is 2.76. The number of benzene rings is 1. The molecule has 0 aromatic heterocycles. The number of nitrogens with two attached hydrogens (primary N) is 1. The zero-order chi connectivity index (χ0) is 13.4. The first kappa shape index (κ1) is 13.9. The molecule has 2 rings (SSSR count). The second kappa shape index (κ2) is 4.85. The zero-order valence-electron chi connectivity index (χ0n) is 9.86. The van der Waals surface area contributed by atoms with Crippen LogP contribution in [0.15, 0.2) is 22.7 Å². The minimum atomic E-state index is -4.30. The molecule has 0 spiro atoms. The Labute approximate surface area is 113 Å². The van der Waals surface area contributed by atoms with E-state index in [-0.39, 0.29) is 5.41 Å². The van der Waals surface area contributed by atoms with Crippen molar-refractivity contribution in [2.75, 3.05) is 6.54 Å². The molecule has 2 N–H and O–H groups in total. The van der Waals surface area contributed by atoms with Gasteiger partial charge in [-0.25, -0.2) is 0 Å². The number of hydrogen-bond acceptors (Lipinski definition) is 1. The van der Waals surface area contributed by atoms with Crippen LogP contribution in [0.25, 0.3) is 0 Å². The van der Waals surface area contributed by atoms with Crippen molar-refractivity contribution in [1.82, 2.24) is 0 Å². The van der Waals surface area contributed by atoms with Crippen molar-refractivity contribution in [2.24, 2.45) is 5.73 Å². The lowest BCUT2D eigenvalue weighted by molar-refractivity contribution is -0.137. The Hall–Kier alpha value is -0.550. The monoisotopic (exact) mass is 321 g/mol. The van der Waals surface area contributed by atoms with Crippen molar-refractivity contribution in [3.63, 3.8) is 0 Å². The summed E-state index contributed by atoms with van der Waals surface area (Å²) >= 11 is 3.27. The third-order valence-electron chi connectivity index (χ3n) is 3.82. The molecule has 100 valence electrons. The van der Waals surface area contributed by atoms with Gasteiger partial charge in [0.1, 0.15) is 0 Å². The Bertz CT molecular complexity index is 436. The van der Waals surface area contributed by atoms with E-state index in [0.717, 1.165) is 43.4 Å². The van der Waals surface area contributed by atoms with Crippen LogP contribution in [0.4, 0.5) is 13.2 Å². The maximum absolute atomic E-state index is 12.6. The summed E-state index contributed by atoms with van der Waals surface area (Å²) in [6, 6.07) is 3.88. The van der Waals surface area contributed by atoms with Crippen LogP contribution in [-0.4, -0.2) is 6.54 Å². The number of rotatable bonds is 2. The van der Waals surface area contributed by atoms with Crippen LogP contribution in [0.3, 0.4) is 0 Å². The van der Waals surface area contributed by atoms with E-state index >= 15 is 0 Å². The fraction of sp³-hybridized carbons (Fsp3) is 0.538. The number of halogens is 4. The van der Waals surface area contributed by atoms with E-state index in [9.17, 15) is 13.2 Å². The van der Waals surface area contributed by atoms with Crippen molar-refractivity contribution in [1.29, 1.82) is 0 Å². The predicted octanol–water partition coefficient (Wildman–Crippen LogP) is 4.24. The molecule has 1 nitrogen and oxygen atoms in total. The molecule has 0 amide bonds. The van der Waals surface area contributed by atoms with Crippen LogP contribution in [0.5, 0.6) is 0 Å². The standard InChI is InChI=1S/C13H15BrF3N/c14-11-7-9(13(15,16)17)3-4-10(11)12(8-18)5-1-2-6-12/h3-4,7H,1-2,5-6,8,18H2. The lowest BCUT2D eigenvalue weighted by Crippen LogP contribution is -2.32. The molecule has 0 unspecified atom stereocenters. The highest BCUT2D eigenvalue weighted by Crippen LogP contribution is 2.44. The quantitative estimate of drug-likeness (QED) is 0.866. The normalized spacial score (nSPS) is 19.2. The lowest BCUT2D eigenvalue weighted by atomic mass is 9.79. The summed E-state index contributed by atoms with van der Waals surface area (Å²) in [6.07, 6.45) is -0.219. The summed E-state index contributed by atoms with van der Waals surface area (Å²) in [6.45, 7) is 0.483. The van der Waals surface area contributed by atoms with Gasteiger partial charge in [0.15, 0.2) is 0 Å². The minimum absolute atomic E-state index is 0.150. The van der Waals surface area contributed by atoms with Gasteiger partial charge in [0.2, 0.25) is 0 Å². The molecule has 1 fully saturated rings. The SMILES string of the molecule is NCC1(c2ccc(C(F)(F)F)cc2Br)CCCC1. The van der Waals surface area contributed by atoms with Crippen LogP contribution in [-0.2, 0) is 11.6 Å². The largest absolute Gasteiger partial charge is 0.416 e. The topological polar surface area (TPSA) is 26.0 Å². The Morgan fingerprint density at radius 1 is 1.22 bits per heavy atom. The summed E-state index contributed by atoms with van der Waals surface area (Å²) in [5, 5.41) is 0. The van der Waals surface area contributed by atoms with Gasteiger partial charge in [0.05, 0.1) is 5.56 Å². The Balaban J connectivity index is 2.41. The van der Waals surface area contributed by atoms with Gasteiger partial charge < -0.3 is 5.73 Å². The van der Waals surface area contributed by atoms with Gasteiger partial charge in [-0.15, -0.1) is 0 Å². The van der Waals surface area contributed by atoms with E-state index < -0.39 is 11.7 Å². The first-order chi connectivity index (χ1) is 8.39. The molecule has 0 aliphatic heterocycles. The van der Waals surface area contributed by atoms with Crippen LogP contribution >= 0.6 is 15.9 Å². The van der Waals surface area contributed by atoms with Gasteiger partial charge >= 0.3 is 6.18 Å². The first-order valence-electron chi connectivity index (χ1n) is 5.96. The summed E-state index contributed by atoms with van der Waals surface area (Å²) in [5.41, 5.74) is 5.99. The Morgan fingerprint density at radius 2 is 1.83 bits per heavy atom. The molecule has 0 bridgehead atoms. The average molecular weight is 322 g/mol. The van der Waals surface area contributed by atoms with Crippen molar-refractivity contribution >= 4 is 15.9 Å². The molecule has 1 aromatic carbocycles.